The van der Waals surface area contributed by atoms with Gasteiger partial charge in [0.2, 0.25) is 0 Å². The number of methoxy groups -OCH3 is 2. The Bertz CT molecular complexity index is 5040. The average molecular weight is 2030 g/mol. The fourth-order valence-electron chi connectivity index (χ4n) is 13.6. The second-order valence-electron chi connectivity index (χ2n) is 32.1. The normalized spacial score (nSPS) is 11.3. The number of hydrogen-bond donors (Lipinski definition) is 4. The molecule has 694 valence electrons. The van der Waals surface area contributed by atoms with Gasteiger partial charge in [0, 0.05) is 58.0 Å². The summed E-state index contributed by atoms with van der Waals surface area (Å²) < 4.78 is 32.9. The second kappa shape index (κ2) is 60.5. The van der Waals surface area contributed by atoms with Crippen LogP contribution in [0.4, 0.5) is 0 Å². The molecule has 0 atom stereocenters. The van der Waals surface area contributed by atoms with Gasteiger partial charge in [-0.2, -0.15) is 0 Å². The van der Waals surface area contributed by atoms with Crippen molar-refractivity contribution in [3.8, 4) is 22.6 Å². The van der Waals surface area contributed by atoms with Crippen LogP contribution in [0.1, 0.15) is 59.5 Å². The minimum Gasteiger partial charge on any atom is -0.496 e. The second-order valence-corrected chi connectivity index (χ2v) is 41.9. The third-order valence-electron chi connectivity index (χ3n) is 20.5. The fraction of sp³-hybridized carbons (Fsp3) is 0.155. The van der Waals surface area contributed by atoms with E-state index in [0.717, 1.165) is 70.9 Å². The van der Waals surface area contributed by atoms with Crippen LogP contribution in [-0.2, 0) is 52.6 Å². The molecule has 1 fully saturated rings. The Kier molecular flexibility index (Phi) is 48.3. The maximum absolute atomic E-state index is 10.8. The Morgan fingerprint density at radius 2 is 0.526 bits per heavy atom. The molecule has 1 aliphatic heterocycles. The third kappa shape index (κ3) is 36.9. The summed E-state index contributed by atoms with van der Waals surface area (Å²) in [5.41, 5.74) is 5.09. The van der Waals surface area contributed by atoms with Crippen LogP contribution in [0.5, 0.6) is 11.5 Å². The van der Waals surface area contributed by atoms with Crippen molar-refractivity contribution in [1.82, 2.24) is 0 Å². The molecule has 0 aromatic heterocycles. The predicted octanol–water partition coefficient (Wildman–Crippen LogP) is 19.7. The zero-order valence-electron chi connectivity index (χ0n) is 77.1. The molecule has 135 heavy (non-hydrogen) atoms. The molecule has 16 aromatic carbocycles. The minimum absolute atomic E-state index is 0. The summed E-state index contributed by atoms with van der Waals surface area (Å²) in [6, 6.07) is 155. The maximum atomic E-state index is 10.8. The zero-order valence-corrected chi connectivity index (χ0v) is 83.8. The van der Waals surface area contributed by atoms with E-state index in [2.05, 4.69) is 380 Å². The number of hydrogen-bond acceptors (Lipinski definition) is 12. The van der Waals surface area contributed by atoms with E-state index in [-0.39, 0.29) is 44.5 Å². The van der Waals surface area contributed by atoms with Gasteiger partial charge in [0.15, 0.2) is 0 Å². The first kappa shape index (κ1) is 108. The number of benzene rings is 16. The number of rotatable bonds is 28. The Balaban J connectivity index is 0.000000176. The van der Waals surface area contributed by atoms with Crippen molar-refractivity contribution in [3.63, 3.8) is 0 Å². The van der Waals surface area contributed by atoms with Crippen LogP contribution in [0, 0.1) is 10.8 Å². The van der Waals surface area contributed by atoms with Crippen molar-refractivity contribution < 1.29 is 78.7 Å². The molecule has 0 amide bonds. The van der Waals surface area contributed by atoms with E-state index in [1.54, 1.807) is 26.4 Å². The molecule has 0 spiro atoms. The van der Waals surface area contributed by atoms with E-state index in [1.807, 2.05) is 76.2 Å². The van der Waals surface area contributed by atoms with Gasteiger partial charge >= 0.3 is 7.12 Å². The van der Waals surface area contributed by atoms with Gasteiger partial charge in [-0.25, -0.2) is 0 Å². The molecular weight excluding hydrogens is 1910 g/mol. The summed E-state index contributed by atoms with van der Waals surface area (Å²) in [5.74, 6) is 1.58. The van der Waals surface area contributed by atoms with E-state index >= 15 is 0 Å². The number of aliphatic hydroxyl groups excluding tert-OH is 2. The molecule has 4 N–H and O–H groups in total. The van der Waals surface area contributed by atoms with E-state index in [0.29, 0.717) is 49.3 Å². The molecule has 0 unspecified atom stereocenters. The number of carbonyl (C=O) groups is 2. The number of aldehydes is 2. The maximum Gasteiger partial charge on any atom is 0.488 e. The monoisotopic (exact) mass is 2020 g/mol. The molecule has 16 aromatic rings. The smallest absolute Gasteiger partial charge is 0.488 e. The van der Waals surface area contributed by atoms with Crippen molar-refractivity contribution in [2.45, 2.75) is 40.9 Å². The van der Waals surface area contributed by atoms with E-state index in [1.165, 1.54) is 87.9 Å². The SMILES string of the molecule is C1COCCO1.COc1ccc(-c2ccc(C=O)cc2)cc1COCC(C)(C)CO.COc1ccc(Br)cc1COCC(C)(C)CO.O=Cc1ccc(B(O)O)cc1.[Pd].c1ccc(P(c2ccccc2)c2ccccc2)cc1.c1ccc(P(c2ccccc2)c2ccccc2)cc1.c1ccc(P(c2ccccc2)c2ccccc2)cc1.c1ccc(P(c2ccccc2)c2ccccc2)cc1. The van der Waals surface area contributed by atoms with Gasteiger partial charge in [0.05, 0.1) is 80.3 Å². The van der Waals surface area contributed by atoms with Gasteiger partial charge in [-0.1, -0.05) is 462 Å². The van der Waals surface area contributed by atoms with Crippen LogP contribution in [0.3, 0.4) is 0 Å². The van der Waals surface area contributed by atoms with Gasteiger partial charge in [-0.05, 0) is 142 Å². The fourth-order valence-corrected chi connectivity index (χ4v) is 23.2. The van der Waals surface area contributed by atoms with Crippen molar-refractivity contribution in [1.29, 1.82) is 0 Å². The summed E-state index contributed by atoms with van der Waals surface area (Å²) in [5, 5.41) is 52.5. The average Bonchev–Trinajstić information content (AvgIpc) is 0.829. The predicted molar refractivity (Wildman–Crippen MR) is 569 cm³/mol. The Morgan fingerprint density at radius 1 is 0.311 bits per heavy atom. The van der Waals surface area contributed by atoms with Crippen molar-refractivity contribution >= 4 is 136 Å². The summed E-state index contributed by atoms with van der Waals surface area (Å²) in [6.45, 7) is 13.0. The molecule has 1 heterocycles. The molecule has 1 saturated heterocycles. The third-order valence-corrected chi connectivity index (χ3v) is 30.8. The van der Waals surface area contributed by atoms with E-state index in [4.69, 9.17) is 43.6 Å². The van der Waals surface area contributed by atoms with Crippen LogP contribution in [0.2, 0.25) is 0 Å². The van der Waals surface area contributed by atoms with Gasteiger partial charge < -0.3 is 48.7 Å². The van der Waals surface area contributed by atoms with Crippen molar-refractivity contribution in [2.75, 3.05) is 67.1 Å². The number of halogens is 1. The molecular formula is C116H118BBrO12P4Pd. The molecule has 0 bridgehead atoms. The molecule has 19 heteroatoms. The molecule has 12 nitrogen and oxygen atoms in total. The van der Waals surface area contributed by atoms with Crippen LogP contribution in [0.15, 0.2) is 453 Å². The van der Waals surface area contributed by atoms with E-state index < -0.39 is 38.8 Å². The van der Waals surface area contributed by atoms with E-state index in [9.17, 15) is 14.7 Å². The quantitative estimate of drug-likeness (QED) is 0.0208. The minimum atomic E-state index is -1.46. The number of aliphatic hydroxyl groups is 2. The van der Waals surface area contributed by atoms with Crippen LogP contribution in [-0.4, -0.2) is 107 Å². The summed E-state index contributed by atoms with van der Waals surface area (Å²) in [6.07, 6.45) is 1.54. The molecule has 17 rings (SSSR count). The van der Waals surface area contributed by atoms with Gasteiger partial charge in [0.1, 0.15) is 24.1 Å². The standard InChI is InChI=1S/C20H24O4.4C18H15P.C13H19BrO3.C7H7BO3.C4H8O2.Pd/c1-20(2,13-22)14-24-12-18-10-17(8-9-19(18)23-3)16-6-4-15(11-21)5-7-16;4*1-4-10-16(11-5-1)19(17-12-6-2-7-13-17)18-14-8-3-9-15-18;1-13(2,8-15)9-17-7-10-6-11(14)4-5-12(10)16-3;9-5-6-1-3-7(4-2-6)8(10)11;1-2-6-4-3-5-1;/h4-11,22H,12-14H2,1-3H3;4*1-15H;4-6,15H,7-9H2,1-3H3;1-5,10-11H;1-4H2;. The van der Waals surface area contributed by atoms with Gasteiger partial charge in [0.25, 0.3) is 0 Å². The first-order valence-corrected chi connectivity index (χ1v) is 50.5. The van der Waals surface area contributed by atoms with Crippen LogP contribution in [0.25, 0.3) is 11.1 Å². The summed E-state index contributed by atoms with van der Waals surface area (Å²) in [7, 11) is 0.0310. The van der Waals surface area contributed by atoms with Crippen LogP contribution < -0.4 is 78.6 Å². The largest absolute Gasteiger partial charge is 0.496 e. The van der Waals surface area contributed by atoms with Gasteiger partial charge in [-0.15, -0.1) is 0 Å². The van der Waals surface area contributed by atoms with Crippen LogP contribution >= 0.6 is 47.6 Å². The summed E-state index contributed by atoms with van der Waals surface area (Å²) in [4.78, 5) is 20.9. The summed E-state index contributed by atoms with van der Waals surface area (Å²) >= 11 is 3.42. The van der Waals surface area contributed by atoms with Crippen molar-refractivity contribution in [2.24, 2.45) is 10.8 Å². The zero-order chi connectivity index (χ0) is 94.6. The van der Waals surface area contributed by atoms with Gasteiger partial charge in [-0.3, -0.25) is 9.59 Å². The van der Waals surface area contributed by atoms with Crippen molar-refractivity contribution in [3.05, 3.63) is 476 Å². The molecule has 0 radical (unpaired) electrons. The Labute approximate surface area is 825 Å². The first-order chi connectivity index (χ1) is 65.5. The number of ether oxygens (including phenoxy) is 6. The topological polar surface area (TPSA) is 170 Å². The Morgan fingerprint density at radius 3 is 0.733 bits per heavy atom. The first-order valence-electron chi connectivity index (χ1n) is 44.3. The molecule has 0 aliphatic carbocycles. The molecule has 1 aliphatic rings. The number of carbonyl (C=O) groups excluding carboxylic acids is 2. The Hall–Kier alpha value is -10.9. The molecule has 0 saturated carbocycles.